The average molecular weight is 309 g/mol. The summed E-state index contributed by atoms with van der Waals surface area (Å²) in [5.74, 6) is 0.685. The Morgan fingerprint density at radius 3 is 2.56 bits per heavy atom. The van der Waals surface area contributed by atoms with Crippen LogP contribution in [0.15, 0.2) is 6.07 Å². The van der Waals surface area contributed by atoms with Gasteiger partial charge in [-0.15, -0.1) is 0 Å². The van der Waals surface area contributed by atoms with Gasteiger partial charge in [0.25, 0.3) is 0 Å². The van der Waals surface area contributed by atoms with Crippen molar-refractivity contribution in [3.8, 4) is 0 Å². The van der Waals surface area contributed by atoms with E-state index >= 15 is 0 Å². The monoisotopic (exact) mass is 307 g/mol. The van der Waals surface area contributed by atoms with Gasteiger partial charge in [0.1, 0.15) is 11.0 Å². The summed E-state index contributed by atoms with van der Waals surface area (Å²) >= 11 is 17.9. The molecule has 0 aromatic carbocycles. The van der Waals surface area contributed by atoms with Gasteiger partial charge in [-0.3, -0.25) is 0 Å². The molecule has 1 aliphatic heterocycles. The van der Waals surface area contributed by atoms with E-state index in [0.717, 1.165) is 13.1 Å². The van der Waals surface area contributed by atoms with E-state index in [0.29, 0.717) is 21.0 Å². The molecule has 100 valence electrons. The zero-order valence-corrected chi connectivity index (χ0v) is 12.6. The molecule has 1 aromatic heterocycles. The van der Waals surface area contributed by atoms with Crippen molar-refractivity contribution in [2.45, 2.75) is 12.8 Å². The molecule has 3 nitrogen and oxygen atoms in total. The van der Waals surface area contributed by atoms with Gasteiger partial charge in [-0.1, -0.05) is 34.8 Å². The summed E-state index contributed by atoms with van der Waals surface area (Å²) in [6.07, 6.45) is 2.60. The molecule has 0 spiro atoms. The zero-order chi connectivity index (χ0) is 13.1. The molecular weight excluding hydrogens is 293 g/mol. The molecule has 1 saturated heterocycles. The number of hydrogen-bond donors (Lipinski definition) is 0. The summed E-state index contributed by atoms with van der Waals surface area (Å²) in [6, 6.07) is 1.64. The highest BCUT2D eigenvalue weighted by Gasteiger charge is 2.15. The van der Waals surface area contributed by atoms with E-state index in [1.165, 1.54) is 25.9 Å². The third kappa shape index (κ3) is 3.41. The van der Waals surface area contributed by atoms with E-state index in [1.807, 2.05) is 11.9 Å². The van der Waals surface area contributed by atoms with E-state index < -0.39 is 0 Å². The van der Waals surface area contributed by atoms with Crippen LogP contribution in [0.2, 0.25) is 15.2 Å². The molecule has 1 aliphatic rings. The van der Waals surface area contributed by atoms with Crippen molar-refractivity contribution in [1.82, 2.24) is 9.88 Å². The normalized spacial score (nSPS) is 16.2. The number of pyridine rings is 1. The minimum absolute atomic E-state index is 0.295. The number of likely N-dealkylation sites (tertiary alicyclic amines) is 1. The van der Waals surface area contributed by atoms with Crippen molar-refractivity contribution in [1.29, 1.82) is 0 Å². The van der Waals surface area contributed by atoms with Crippen LogP contribution >= 0.6 is 34.8 Å². The highest BCUT2D eigenvalue weighted by molar-refractivity contribution is 6.42. The molecule has 1 aromatic rings. The largest absolute Gasteiger partial charge is 0.357 e. The van der Waals surface area contributed by atoms with Crippen molar-refractivity contribution >= 4 is 40.6 Å². The maximum atomic E-state index is 6.13. The third-order valence-corrected chi connectivity index (χ3v) is 4.13. The molecule has 2 heterocycles. The molecule has 0 unspecified atom stereocenters. The maximum Gasteiger partial charge on any atom is 0.150 e. The topological polar surface area (TPSA) is 19.4 Å². The Hall–Kier alpha value is -0.220. The Balaban J connectivity index is 1.99. The van der Waals surface area contributed by atoms with Crippen molar-refractivity contribution < 1.29 is 0 Å². The molecule has 0 amide bonds. The zero-order valence-electron chi connectivity index (χ0n) is 10.3. The number of anilines is 1. The van der Waals surface area contributed by atoms with Crippen LogP contribution in [0.3, 0.4) is 0 Å². The van der Waals surface area contributed by atoms with Crippen LogP contribution in [0.5, 0.6) is 0 Å². The number of likely N-dealkylation sites (N-methyl/N-ethyl adjacent to an activating group) is 1. The van der Waals surface area contributed by atoms with Crippen LogP contribution < -0.4 is 4.90 Å². The molecule has 6 heteroatoms. The second-order valence-electron chi connectivity index (χ2n) is 4.54. The fourth-order valence-corrected chi connectivity index (χ4v) is 2.74. The van der Waals surface area contributed by atoms with Gasteiger partial charge in [-0.2, -0.15) is 0 Å². The maximum absolute atomic E-state index is 6.13. The van der Waals surface area contributed by atoms with E-state index in [2.05, 4.69) is 9.88 Å². The molecule has 2 rings (SSSR count). The van der Waals surface area contributed by atoms with Gasteiger partial charge in [-0.25, -0.2) is 4.98 Å². The highest BCUT2D eigenvalue weighted by Crippen LogP contribution is 2.30. The summed E-state index contributed by atoms with van der Waals surface area (Å²) in [5.41, 5.74) is 0. The van der Waals surface area contributed by atoms with Gasteiger partial charge >= 0.3 is 0 Å². The Labute approximate surface area is 123 Å². The van der Waals surface area contributed by atoms with E-state index in [-0.39, 0.29) is 0 Å². The van der Waals surface area contributed by atoms with Gasteiger partial charge in [0.2, 0.25) is 0 Å². The first-order valence-electron chi connectivity index (χ1n) is 6.03. The first-order valence-corrected chi connectivity index (χ1v) is 7.16. The molecular formula is C12H16Cl3N3. The fraction of sp³-hybridized carbons (Fsp3) is 0.583. The number of aromatic nitrogens is 1. The lowest BCUT2D eigenvalue weighted by atomic mass is 10.4. The first kappa shape index (κ1) is 14.2. The minimum Gasteiger partial charge on any atom is -0.357 e. The van der Waals surface area contributed by atoms with Crippen LogP contribution in [0, 0.1) is 0 Å². The van der Waals surface area contributed by atoms with E-state index in [9.17, 15) is 0 Å². The average Bonchev–Trinajstić information content (AvgIpc) is 2.84. The van der Waals surface area contributed by atoms with E-state index in [1.54, 1.807) is 6.07 Å². The number of rotatable bonds is 4. The van der Waals surface area contributed by atoms with Crippen LogP contribution in [-0.4, -0.2) is 43.1 Å². The minimum atomic E-state index is 0.295. The summed E-state index contributed by atoms with van der Waals surface area (Å²) in [4.78, 5) is 8.69. The lowest BCUT2D eigenvalue weighted by molar-refractivity contribution is 0.346. The molecule has 0 atom stereocenters. The van der Waals surface area contributed by atoms with Crippen LogP contribution in [-0.2, 0) is 0 Å². The Morgan fingerprint density at radius 1 is 1.22 bits per heavy atom. The lowest BCUT2D eigenvalue weighted by Crippen LogP contribution is -2.31. The molecule has 0 radical (unpaired) electrons. The Kier molecular flexibility index (Phi) is 4.96. The first-order chi connectivity index (χ1) is 8.58. The fourth-order valence-electron chi connectivity index (χ4n) is 2.11. The van der Waals surface area contributed by atoms with Gasteiger partial charge in [0.05, 0.1) is 10.0 Å². The van der Waals surface area contributed by atoms with Gasteiger partial charge < -0.3 is 9.80 Å². The summed E-state index contributed by atoms with van der Waals surface area (Å²) < 4.78 is 0. The van der Waals surface area contributed by atoms with Gasteiger partial charge in [-0.05, 0) is 32.0 Å². The standard InChI is InChI=1S/C12H16Cl3N3/c1-17(6-7-18-4-2-3-5-18)12-10(14)8-9(13)11(15)16-12/h8H,2-7H2,1H3. The second-order valence-corrected chi connectivity index (χ2v) is 5.71. The van der Waals surface area contributed by atoms with E-state index in [4.69, 9.17) is 34.8 Å². The molecule has 18 heavy (non-hydrogen) atoms. The molecule has 0 N–H and O–H groups in total. The summed E-state index contributed by atoms with van der Waals surface area (Å²) in [6.45, 7) is 4.28. The molecule has 0 aliphatic carbocycles. The smallest absolute Gasteiger partial charge is 0.150 e. The van der Waals surface area contributed by atoms with Crippen molar-refractivity contribution in [3.05, 3.63) is 21.3 Å². The van der Waals surface area contributed by atoms with Crippen LogP contribution in [0.25, 0.3) is 0 Å². The summed E-state index contributed by atoms with van der Waals surface area (Å²) in [7, 11) is 1.97. The lowest BCUT2D eigenvalue weighted by Gasteiger charge is -2.23. The third-order valence-electron chi connectivity index (χ3n) is 3.18. The quantitative estimate of drug-likeness (QED) is 0.793. The number of hydrogen-bond acceptors (Lipinski definition) is 3. The Morgan fingerprint density at radius 2 is 1.89 bits per heavy atom. The van der Waals surface area contributed by atoms with Gasteiger partial charge in [0, 0.05) is 20.1 Å². The highest BCUT2D eigenvalue weighted by atomic mass is 35.5. The number of nitrogens with zero attached hydrogens (tertiary/aromatic N) is 3. The SMILES string of the molecule is CN(CCN1CCCC1)c1nc(Cl)c(Cl)cc1Cl. The molecule has 1 fully saturated rings. The van der Waals surface area contributed by atoms with Crippen molar-refractivity contribution in [2.24, 2.45) is 0 Å². The predicted octanol–water partition coefficient (Wildman–Crippen LogP) is 3.57. The van der Waals surface area contributed by atoms with Crippen LogP contribution in [0.4, 0.5) is 5.82 Å². The van der Waals surface area contributed by atoms with Crippen LogP contribution in [0.1, 0.15) is 12.8 Å². The summed E-state index contributed by atoms with van der Waals surface area (Å²) in [5, 5.41) is 1.22. The van der Waals surface area contributed by atoms with Gasteiger partial charge in [0.15, 0.2) is 0 Å². The molecule has 0 saturated carbocycles. The molecule has 0 bridgehead atoms. The Bertz CT molecular complexity index is 419. The second kappa shape index (κ2) is 6.29. The predicted molar refractivity (Wildman–Crippen MR) is 78.2 cm³/mol. The number of halogens is 3. The van der Waals surface area contributed by atoms with Crippen molar-refractivity contribution in [3.63, 3.8) is 0 Å². The van der Waals surface area contributed by atoms with Crippen molar-refractivity contribution in [2.75, 3.05) is 38.1 Å².